The first-order valence-electron chi connectivity index (χ1n) is 7.51. The van der Waals surface area contributed by atoms with E-state index in [2.05, 4.69) is 38.3 Å². The molecule has 0 aliphatic carbocycles. The Morgan fingerprint density at radius 3 is 2.86 bits per heavy atom. The Balaban J connectivity index is 1.57. The molecule has 1 atom stereocenters. The van der Waals surface area contributed by atoms with Gasteiger partial charge in [0.1, 0.15) is 5.76 Å². The van der Waals surface area contributed by atoms with Crippen molar-refractivity contribution in [2.45, 2.75) is 32.0 Å². The Morgan fingerprint density at radius 1 is 1.32 bits per heavy atom. The summed E-state index contributed by atoms with van der Waals surface area (Å²) >= 11 is 3.45. The van der Waals surface area contributed by atoms with E-state index < -0.39 is 0 Å². The minimum Gasteiger partial charge on any atom is -0.467 e. The maximum atomic E-state index is 12.4. The molecular weight excluding hydrogens is 344 g/mol. The predicted octanol–water partition coefficient (Wildman–Crippen LogP) is 3.32. The Kier molecular flexibility index (Phi) is 4.95. The maximum Gasteiger partial charge on any atom is 0.237 e. The standard InChI is InChI=1S/C17H19BrN2O2/c18-14-7-5-13(6-8-14)12-20-9-1-4-16(20)17(21)19-11-15-3-2-10-22-15/h2-3,5-8,10,16H,1,4,9,11-12H2,(H,19,21). The number of furan rings is 1. The molecule has 0 spiro atoms. The number of hydrogen-bond acceptors (Lipinski definition) is 3. The first-order valence-corrected chi connectivity index (χ1v) is 8.30. The lowest BCUT2D eigenvalue weighted by atomic mass is 10.1. The van der Waals surface area contributed by atoms with E-state index in [0.717, 1.165) is 36.2 Å². The van der Waals surface area contributed by atoms with Gasteiger partial charge in [-0.1, -0.05) is 28.1 Å². The van der Waals surface area contributed by atoms with Crippen molar-refractivity contribution in [3.05, 3.63) is 58.5 Å². The average molecular weight is 363 g/mol. The minimum atomic E-state index is -0.0430. The minimum absolute atomic E-state index is 0.0430. The molecule has 4 nitrogen and oxygen atoms in total. The molecule has 0 radical (unpaired) electrons. The van der Waals surface area contributed by atoms with Crippen LogP contribution in [0.5, 0.6) is 0 Å². The van der Waals surface area contributed by atoms with Crippen molar-refractivity contribution in [2.75, 3.05) is 6.54 Å². The van der Waals surface area contributed by atoms with Crippen LogP contribution in [0.25, 0.3) is 0 Å². The maximum absolute atomic E-state index is 12.4. The van der Waals surface area contributed by atoms with Gasteiger partial charge in [-0.25, -0.2) is 0 Å². The van der Waals surface area contributed by atoms with E-state index in [1.807, 2.05) is 24.3 Å². The molecule has 0 saturated carbocycles. The summed E-state index contributed by atoms with van der Waals surface area (Å²) in [6, 6.07) is 11.9. The van der Waals surface area contributed by atoms with Crippen molar-refractivity contribution in [3.63, 3.8) is 0 Å². The van der Waals surface area contributed by atoms with Crippen molar-refractivity contribution < 1.29 is 9.21 Å². The summed E-state index contributed by atoms with van der Waals surface area (Å²) in [5.74, 6) is 0.872. The number of benzene rings is 1. The lowest BCUT2D eigenvalue weighted by Crippen LogP contribution is -2.42. The molecule has 2 aromatic rings. The van der Waals surface area contributed by atoms with Gasteiger partial charge in [0.15, 0.2) is 0 Å². The zero-order chi connectivity index (χ0) is 15.4. The molecule has 1 amide bonds. The molecule has 3 rings (SSSR count). The topological polar surface area (TPSA) is 45.5 Å². The molecule has 1 unspecified atom stereocenters. The largest absolute Gasteiger partial charge is 0.467 e. The Labute approximate surface area is 138 Å². The van der Waals surface area contributed by atoms with Crippen LogP contribution in [0.3, 0.4) is 0 Å². The summed E-state index contributed by atoms with van der Waals surface area (Å²) in [6.45, 7) is 2.23. The van der Waals surface area contributed by atoms with E-state index in [1.54, 1.807) is 6.26 Å². The molecule has 1 fully saturated rings. The van der Waals surface area contributed by atoms with E-state index in [4.69, 9.17) is 4.42 Å². The fraction of sp³-hybridized carbons (Fsp3) is 0.353. The molecule has 1 aliphatic heterocycles. The van der Waals surface area contributed by atoms with Crippen LogP contribution in [0, 0.1) is 0 Å². The number of rotatable bonds is 5. The SMILES string of the molecule is O=C(NCc1ccco1)C1CCCN1Cc1ccc(Br)cc1. The summed E-state index contributed by atoms with van der Waals surface area (Å²) in [7, 11) is 0. The lowest BCUT2D eigenvalue weighted by Gasteiger charge is -2.23. The van der Waals surface area contributed by atoms with Gasteiger partial charge in [-0.3, -0.25) is 9.69 Å². The van der Waals surface area contributed by atoms with Gasteiger partial charge < -0.3 is 9.73 Å². The fourth-order valence-electron chi connectivity index (χ4n) is 2.84. The monoisotopic (exact) mass is 362 g/mol. The zero-order valence-electron chi connectivity index (χ0n) is 12.3. The van der Waals surface area contributed by atoms with Crippen LogP contribution in [-0.4, -0.2) is 23.4 Å². The van der Waals surface area contributed by atoms with Crippen LogP contribution >= 0.6 is 15.9 Å². The molecule has 5 heteroatoms. The molecular formula is C17H19BrN2O2. The number of amides is 1. The average Bonchev–Trinajstić information content (AvgIpc) is 3.18. The molecule has 1 aromatic heterocycles. The van der Waals surface area contributed by atoms with Gasteiger partial charge in [0, 0.05) is 11.0 Å². The first kappa shape index (κ1) is 15.3. The predicted molar refractivity (Wildman–Crippen MR) is 88.1 cm³/mol. The van der Waals surface area contributed by atoms with E-state index in [0.29, 0.717) is 6.54 Å². The Bertz CT molecular complexity index is 610. The molecule has 1 N–H and O–H groups in total. The molecule has 2 heterocycles. The number of halogens is 1. The van der Waals surface area contributed by atoms with Gasteiger partial charge in [-0.15, -0.1) is 0 Å². The molecule has 0 bridgehead atoms. The summed E-state index contributed by atoms with van der Waals surface area (Å²) in [4.78, 5) is 14.6. The van der Waals surface area contributed by atoms with Crippen molar-refractivity contribution in [3.8, 4) is 0 Å². The van der Waals surface area contributed by atoms with Gasteiger partial charge in [0.25, 0.3) is 0 Å². The second-order valence-corrected chi connectivity index (χ2v) is 6.47. The summed E-state index contributed by atoms with van der Waals surface area (Å²) < 4.78 is 6.32. The second kappa shape index (κ2) is 7.11. The quantitative estimate of drug-likeness (QED) is 0.887. The number of carbonyl (C=O) groups is 1. The van der Waals surface area contributed by atoms with Crippen LogP contribution in [-0.2, 0) is 17.9 Å². The third kappa shape index (κ3) is 3.78. The van der Waals surface area contributed by atoms with Crippen LogP contribution in [0.2, 0.25) is 0 Å². The van der Waals surface area contributed by atoms with E-state index in [9.17, 15) is 4.79 Å². The van der Waals surface area contributed by atoms with Crippen molar-refractivity contribution >= 4 is 21.8 Å². The van der Waals surface area contributed by atoms with Crippen molar-refractivity contribution in [1.82, 2.24) is 10.2 Å². The van der Waals surface area contributed by atoms with E-state index in [1.165, 1.54) is 5.56 Å². The van der Waals surface area contributed by atoms with Crippen LogP contribution in [0.1, 0.15) is 24.2 Å². The van der Waals surface area contributed by atoms with Crippen molar-refractivity contribution in [2.24, 2.45) is 0 Å². The smallest absolute Gasteiger partial charge is 0.237 e. The molecule has 116 valence electrons. The number of nitrogens with one attached hydrogen (secondary N) is 1. The lowest BCUT2D eigenvalue weighted by molar-refractivity contribution is -0.125. The van der Waals surface area contributed by atoms with E-state index >= 15 is 0 Å². The highest BCUT2D eigenvalue weighted by molar-refractivity contribution is 9.10. The van der Waals surface area contributed by atoms with Crippen molar-refractivity contribution in [1.29, 1.82) is 0 Å². The highest BCUT2D eigenvalue weighted by atomic mass is 79.9. The summed E-state index contributed by atoms with van der Waals surface area (Å²) in [5, 5.41) is 2.97. The number of nitrogens with zero attached hydrogens (tertiary/aromatic N) is 1. The molecule has 1 aliphatic rings. The highest BCUT2D eigenvalue weighted by Crippen LogP contribution is 2.21. The third-order valence-electron chi connectivity index (χ3n) is 3.98. The first-order chi connectivity index (χ1) is 10.7. The number of likely N-dealkylation sites (tertiary alicyclic amines) is 1. The van der Waals surface area contributed by atoms with Gasteiger partial charge >= 0.3 is 0 Å². The fourth-order valence-corrected chi connectivity index (χ4v) is 3.11. The van der Waals surface area contributed by atoms with Gasteiger partial charge in [0.2, 0.25) is 5.91 Å². The summed E-state index contributed by atoms with van der Waals surface area (Å²) in [5.41, 5.74) is 1.23. The highest BCUT2D eigenvalue weighted by Gasteiger charge is 2.30. The normalized spacial score (nSPS) is 18.5. The van der Waals surface area contributed by atoms with Crippen LogP contribution < -0.4 is 5.32 Å². The Hall–Kier alpha value is -1.59. The van der Waals surface area contributed by atoms with E-state index in [-0.39, 0.29) is 11.9 Å². The summed E-state index contributed by atoms with van der Waals surface area (Å²) in [6.07, 6.45) is 3.60. The molecule has 1 saturated heterocycles. The molecule has 22 heavy (non-hydrogen) atoms. The van der Waals surface area contributed by atoms with Gasteiger partial charge in [0.05, 0.1) is 18.8 Å². The third-order valence-corrected chi connectivity index (χ3v) is 4.51. The zero-order valence-corrected chi connectivity index (χ0v) is 13.9. The molecule has 1 aromatic carbocycles. The number of carbonyl (C=O) groups excluding carboxylic acids is 1. The number of hydrogen-bond donors (Lipinski definition) is 1. The van der Waals surface area contributed by atoms with Crippen LogP contribution in [0.15, 0.2) is 51.6 Å². The van der Waals surface area contributed by atoms with Crippen LogP contribution in [0.4, 0.5) is 0 Å². The Morgan fingerprint density at radius 2 is 2.14 bits per heavy atom. The second-order valence-electron chi connectivity index (χ2n) is 5.55. The van der Waals surface area contributed by atoms with Gasteiger partial charge in [-0.05, 0) is 49.2 Å². The van der Waals surface area contributed by atoms with Gasteiger partial charge in [-0.2, -0.15) is 0 Å².